The number of hydrogen-bond acceptors (Lipinski definition) is 6. The summed E-state index contributed by atoms with van der Waals surface area (Å²) in [6, 6.07) is 0. The molecule has 0 aliphatic carbocycles. The maximum Gasteiger partial charge on any atom is 0.410 e. The molecule has 0 N–H and O–H groups in total. The molecular weight excluding hydrogens is 336 g/mol. The number of likely N-dealkylation sites (tertiary alicyclic amines) is 1. The lowest BCUT2D eigenvalue weighted by atomic mass is 9.78. The van der Waals surface area contributed by atoms with Crippen molar-refractivity contribution in [3.05, 3.63) is 12.4 Å². The van der Waals surface area contributed by atoms with E-state index in [1.807, 2.05) is 44.3 Å². The van der Waals surface area contributed by atoms with Crippen molar-refractivity contribution in [2.45, 2.75) is 50.5 Å². The van der Waals surface area contributed by atoms with Gasteiger partial charge in [-0.15, -0.1) is 11.8 Å². The minimum Gasteiger partial charge on any atom is -0.444 e. The minimum absolute atomic E-state index is 0.187. The van der Waals surface area contributed by atoms with Crippen LogP contribution in [0.25, 0.3) is 0 Å². The van der Waals surface area contributed by atoms with Crippen LogP contribution in [-0.4, -0.2) is 59.0 Å². The molecular formula is C18H28N4O2S. The zero-order chi connectivity index (χ0) is 18.1. The molecule has 1 aromatic rings. The van der Waals surface area contributed by atoms with Crippen LogP contribution in [0.1, 0.15) is 40.0 Å². The largest absolute Gasteiger partial charge is 0.444 e. The van der Waals surface area contributed by atoms with E-state index >= 15 is 0 Å². The van der Waals surface area contributed by atoms with Gasteiger partial charge in [0.2, 0.25) is 5.95 Å². The first-order chi connectivity index (χ1) is 11.8. The van der Waals surface area contributed by atoms with Crippen molar-refractivity contribution < 1.29 is 9.53 Å². The Balaban J connectivity index is 1.56. The fraction of sp³-hybridized carbons (Fsp3) is 0.722. The first-order valence-electron chi connectivity index (χ1n) is 8.89. The summed E-state index contributed by atoms with van der Waals surface area (Å²) in [6.45, 7) is 9.25. The Hall–Kier alpha value is -1.50. The molecule has 2 aliphatic heterocycles. The van der Waals surface area contributed by atoms with Crippen LogP contribution in [0.5, 0.6) is 0 Å². The topological polar surface area (TPSA) is 58.6 Å². The Morgan fingerprint density at radius 2 is 1.76 bits per heavy atom. The molecule has 0 aromatic carbocycles. The molecule has 138 valence electrons. The van der Waals surface area contributed by atoms with E-state index in [0.29, 0.717) is 0 Å². The molecule has 6 nitrogen and oxygen atoms in total. The number of ether oxygens (including phenoxy) is 1. The Morgan fingerprint density at radius 3 is 2.32 bits per heavy atom. The van der Waals surface area contributed by atoms with Crippen molar-refractivity contribution in [2.24, 2.45) is 5.41 Å². The first-order valence-corrected chi connectivity index (χ1v) is 10.1. The maximum absolute atomic E-state index is 12.2. The molecule has 1 aromatic heterocycles. The summed E-state index contributed by atoms with van der Waals surface area (Å²) < 4.78 is 5.50. The van der Waals surface area contributed by atoms with Gasteiger partial charge in [0, 0.05) is 43.5 Å². The highest BCUT2D eigenvalue weighted by atomic mass is 32.2. The normalized spacial score (nSPS) is 20.2. The molecule has 0 unspecified atom stereocenters. The molecule has 25 heavy (non-hydrogen) atoms. The standard InChI is InChI=1S/C18H28N4O2S/c1-17(2,3)24-16(23)21-8-5-18(6-9-21)7-10-22(13-18)15-19-11-14(25-4)12-20-15/h11-12H,5-10,13H2,1-4H3. The van der Waals surface area contributed by atoms with Gasteiger partial charge in [0.1, 0.15) is 5.60 Å². The number of carbonyl (C=O) groups excluding carboxylic acids is 1. The van der Waals surface area contributed by atoms with E-state index in [4.69, 9.17) is 4.74 Å². The van der Waals surface area contributed by atoms with Gasteiger partial charge in [0.15, 0.2) is 0 Å². The minimum atomic E-state index is -0.434. The van der Waals surface area contributed by atoms with Gasteiger partial charge in [-0.3, -0.25) is 0 Å². The molecule has 2 saturated heterocycles. The van der Waals surface area contributed by atoms with Crippen molar-refractivity contribution in [3.8, 4) is 0 Å². The van der Waals surface area contributed by atoms with Gasteiger partial charge in [0.25, 0.3) is 0 Å². The average Bonchev–Trinajstić information content (AvgIpc) is 2.98. The lowest BCUT2D eigenvalue weighted by molar-refractivity contribution is 0.0122. The fourth-order valence-corrected chi connectivity index (χ4v) is 3.90. The van der Waals surface area contributed by atoms with Gasteiger partial charge < -0.3 is 14.5 Å². The van der Waals surface area contributed by atoms with E-state index in [9.17, 15) is 4.79 Å². The molecule has 3 rings (SSSR count). The fourth-order valence-electron chi connectivity index (χ4n) is 3.58. The monoisotopic (exact) mass is 364 g/mol. The summed E-state index contributed by atoms with van der Waals surface area (Å²) in [5, 5.41) is 0. The third kappa shape index (κ3) is 4.37. The number of rotatable bonds is 2. The van der Waals surface area contributed by atoms with E-state index in [2.05, 4.69) is 14.9 Å². The summed E-state index contributed by atoms with van der Waals surface area (Å²) in [6.07, 6.45) is 8.81. The highest BCUT2D eigenvalue weighted by Gasteiger charge is 2.42. The van der Waals surface area contributed by atoms with Gasteiger partial charge in [-0.1, -0.05) is 0 Å². The zero-order valence-electron chi connectivity index (χ0n) is 15.6. The van der Waals surface area contributed by atoms with Crippen LogP contribution in [0.2, 0.25) is 0 Å². The zero-order valence-corrected chi connectivity index (χ0v) is 16.4. The molecule has 0 bridgehead atoms. The molecule has 2 aliphatic rings. The summed E-state index contributed by atoms with van der Waals surface area (Å²) >= 11 is 1.66. The second-order valence-corrected chi connectivity index (χ2v) is 8.94. The van der Waals surface area contributed by atoms with Crippen LogP contribution < -0.4 is 4.90 Å². The Kier molecular flexibility index (Phi) is 5.14. The average molecular weight is 365 g/mol. The molecule has 3 heterocycles. The second kappa shape index (κ2) is 7.02. The molecule has 0 saturated carbocycles. The van der Waals surface area contributed by atoms with Crippen LogP contribution in [0.3, 0.4) is 0 Å². The van der Waals surface area contributed by atoms with E-state index in [1.54, 1.807) is 11.8 Å². The third-order valence-electron chi connectivity index (χ3n) is 5.05. The second-order valence-electron chi connectivity index (χ2n) is 8.06. The van der Waals surface area contributed by atoms with E-state index < -0.39 is 5.60 Å². The number of amides is 1. The Morgan fingerprint density at radius 1 is 1.16 bits per heavy atom. The number of aromatic nitrogens is 2. The lowest BCUT2D eigenvalue weighted by Crippen LogP contribution is -2.46. The van der Waals surface area contributed by atoms with Crippen LogP contribution in [0.15, 0.2) is 17.3 Å². The molecule has 1 spiro atoms. The number of thioether (sulfide) groups is 1. The molecule has 2 fully saturated rings. The smallest absolute Gasteiger partial charge is 0.410 e. The number of hydrogen-bond donors (Lipinski definition) is 0. The van der Waals surface area contributed by atoms with E-state index in [1.165, 1.54) is 0 Å². The molecule has 7 heteroatoms. The van der Waals surface area contributed by atoms with Crippen LogP contribution >= 0.6 is 11.8 Å². The number of piperidine rings is 1. The van der Waals surface area contributed by atoms with Gasteiger partial charge in [-0.25, -0.2) is 14.8 Å². The summed E-state index contributed by atoms with van der Waals surface area (Å²) in [7, 11) is 0. The molecule has 0 radical (unpaired) electrons. The van der Waals surface area contributed by atoms with Crippen molar-refractivity contribution in [1.82, 2.24) is 14.9 Å². The summed E-state index contributed by atoms with van der Waals surface area (Å²) in [5.41, 5.74) is -0.156. The van der Waals surface area contributed by atoms with Crippen molar-refractivity contribution in [3.63, 3.8) is 0 Å². The molecule has 1 amide bonds. The highest BCUT2D eigenvalue weighted by molar-refractivity contribution is 7.98. The van der Waals surface area contributed by atoms with Gasteiger partial charge in [-0.2, -0.15) is 0 Å². The van der Waals surface area contributed by atoms with Gasteiger partial charge in [0.05, 0.1) is 0 Å². The maximum atomic E-state index is 12.2. The van der Waals surface area contributed by atoms with Crippen LogP contribution in [0.4, 0.5) is 10.7 Å². The number of carbonyl (C=O) groups is 1. The summed E-state index contributed by atoms with van der Waals surface area (Å²) in [5.74, 6) is 0.823. The SMILES string of the molecule is CSc1cnc(N2CCC3(CCN(C(=O)OC(C)(C)C)CC3)C2)nc1. The van der Waals surface area contributed by atoms with E-state index in [0.717, 1.165) is 56.3 Å². The quantitative estimate of drug-likeness (QED) is 0.750. The number of anilines is 1. The van der Waals surface area contributed by atoms with Crippen LogP contribution in [-0.2, 0) is 4.74 Å². The third-order valence-corrected chi connectivity index (χ3v) is 5.73. The Labute approximate surface area is 154 Å². The Bertz CT molecular complexity index is 606. The predicted octanol–water partition coefficient (Wildman–Crippen LogP) is 3.43. The van der Waals surface area contributed by atoms with Crippen molar-refractivity contribution >= 4 is 23.8 Å². The first kappa shape index (κ1) is 18.3. The van der Waals surface area contributed by atoms with Gasteiger partial charge >= 0.3 is 6.09 Å². The molecule has 0 atom stereocenters. The summed E-state index contributed by atoms with van der Waals surface area (Å²) in [4.78, 5) is 26.5. The number of nitrogens with zero attached hydrogens (tertiary/aromatic N) is 4. The highest BCUT2D eigenvalue weighted by Crippen LogP contribution is 2.41. The lowest BCUT2D eigenvalue weighted by Gasteiger charge is -2.39. The van der Waals surface area contributed by atoms with Crippen LogP contribution in [0, 0.1) is 5.41 Å². The van der Waals surface area contributed by atoms with Gasteiger partial charge in [-0.05, 0) is 51.7 Å². The van der Waals surface area contributed by atoms with Crippen molar-refractivity contribution in [2.75, 3.05) is 37.3 Å². The van der Waals surface area contributed by atoms with Crippen molar-refractivity contribution in [1.29, 1.82) is 0 Å². The predicted molar refractivity (Wildman–Crippen MR) is 100 cm³/mol. The van der Waals surface area contributed by atoms with E-state index in [-0.39, 0.29) is 11.5 Å².